The largest absolute Gasteiger partial charge is 0.323 e. The standard InChI is InChI=1S/C20H26FN3O/c1-3-11-24-19(16-9-10-16)18(13-22-24)23-20(25)14(2)7-8-15-5-4-6-17(21)12-15/h4-6,12-14,16H,3,7-11H2,1-2H3,(H,23,25). The number of hydrogen-bond acceptors (Lipinski definition) is 2. The second kappa shape index (κ2) is 7.81. The highest BCUT2D eigenvalue weighted by Crippen LogP contribution is 2.43. The maximum absolute atomic E-state index is 13.2. The van der Waals surface area contributed by atoms with Crippen molar-refractivity contribution in [2.45, 2.75) is 58.4 Å². The molecule has 3 rings (SSSR count). The molecule has 5 heteroatoms. The van der Waals surface area contributed by atoms with Crippen LogP contribution in [0.15, 0.2) is 30.5 Å². The quantitative estimate of drug-likeness (QED) is 0.766. The Bertz CT molecular complexity index is 736. The van der Waals surface area contributed by atoms with Crippen molar-refractivity contribution in [1.82, 2.24) is 9.78 Å². The molecule has 1 heterocycles. The van der Waals surface area contributed by atoms with Crippen LogP contribution in [0.4, 0.5) is 10.1 Å². The van der Waals surface area contributed by atoms with Crippen molar-refractivity contribution in [3.63, 3.8) is 0 Å². The van der Waals surface area contributed by atoms with E-state index in [1.54, 1.807) is 12.3 Å². The van der Waals surface area contributed by atoms with Crippen LogP contribution in [-0.4, -0.2) is 15.7 Å². The monoisotopic (exact) mass is 343 g/mol. The van der Waals surface area contributed by atoms with Crippen molar-refractivity contribution < 1.29 is 9.18 Å². The normalized spacial score (nSPS) is 15.2. The van der Waals surface area contributed by atoms with Crippen LogP contribution in [0.5, 0.6) is 0 Å². The molecule has 1 atom stereocenters. The maximum atomic E-state index is 13.2. The SMILES string of the molecule is CCCn1ncc(NC(=O)C(C)CCc2cccc(F)c2)c1C1CC1. The number of carbonyl (C=O) groups is 1. The second-order valence-corrected chi connectivity index (χ2v) is 7.00. The summed E-state index contributed by atoms with van der Waals surface area (Å²) in [4.78, 5) is 12.5. The molecule has 134 valence electrons. The first-order valence-electron chi connectivity index (χ1n) is 9.19. The van der Waals surface area contributed by atoms with Gasteiger partial charge < -0.3 is 5.32 Å². The van der Waals surface area contributed by atoms with Crippen molar-refractivity contribution in [3.8, 4) is 0 Å². The number of halogens is 1. The molecule has 1 N–H and O–H groups in total. The Morgan fingerprint density at radius 2 is 2.24 bits per heavy atom. The lowest BCUT2D eigenvalue weighted by atomic mass is 10.00. The third kappa shape index (κ3) is 4.47. The summed E-state index contributed by atoms with van der Waals surface area (Å²) >= 11 is 0. The molecule has 1 amide bonds. The van der Waals surface area contributed by atoms with Crippen molar-refractivity contribution in [3.05, 3.63) is 47.5 Å². The van der Waals surface area contributed by atoms with Crippen molar-refractivity contribution >= 4 is 11.6 Å². The predicted molar refractivity (Wildman–Crippen MR) is 97.0 cm³/mol. The molecule has 1 aromatic heterocycles. The fourth-order valence-electron chi connectivity index (χ4n) is 3.13. The van der Waals surface area contributed by atoms with Gasteiger partial charge in [-0.05, 0) is 49.8 Å². The molecule has 4 nitrogen and oxygen atoms in total. The average Bonchev–Trinajstić information content (AvgIpc) is 3.35. The number of rotatable bonds is 8. The van der Waals surface area contributed by atoms with E-state index in [1.807, 2.05) is 17.7 Å². The molecule has 0 spiro atoms. The van der Waals surface area contributed by atoms with Crippen LogP contribution in [-0.2, 0) is 17.8 Å². The Labute approximate surface area is 148 Å². The first kappa shape index (κ1) is 17.6. The lowest BCUT2D eigenvalue weighted by Gasteiger charge is -2.13. The lowest BCUT2D eigenvalue weighted by molar-refractivity contribution is -0.119. The molecular formula is C20H26FN3O. The van der Waals surface area contributed by atoms with Crippen LogP contribution in [0.25, 0.3) is 0 Å². The van der Waals surface area contributed by atoms with Gasteiger partial charge in [0.25, 0.3) is 0 Å². The van der Waals surface area contributed by atoms with Crippen molar-refractivity contribution in [2.75, 3.05) is 5.32 Å². The summed E-state index contributed by atoms with van der Waals surface area (Å²) in [6.45, 7) is 4.93. The van der Waals surface area contributed by atoms with Gasteiger partial charge >= 0.3 is 0 Å². The van der Waals surface area contributed by atoms with Gasteiger partial charge in [0, 0.05) is 18.4 Å². The van der Waals surface area contributed by atoms with E-state index >= 15 is 0 Å². The van der Waals surface area contributed by atoms with E-state index in [1.165, 1.54) is 30.7 Å². The molecule has 0 bridgehead atoms. The number of amides is 1. The Morgan fingerprint density at radius 3 is 2.92 bits per heavy atom. The molecule has 0 aliphatic heterocycles. The summed E-state index contributed by atoms with van der Waals surface area (Å²) in [5.41, 5.74) is 2.96. The van der Waals surface area contributed by atoms with E-state index in [0.29, 0.717) is 18.8 Å². The summed E-state index contributed by atoms with van der Waals surface area (Å²) in [7, 11) is 0. The van der Waals surface area contributed by atoms with Crippen LogP contribution in [0, 0.1) is 11.7 Å². The first-order chi connectivity index (χ1) is 12.1. The summed E-state index contributed by atoms with van der Waals surface area (Å²) in [5.74, 6) is 0.179. The first-order valence-corrected chi connectivity index (χ1v) is 9.19. The van der Waals surface area contributed by atoms with E-state index in [0.717, 1.165) is 24.2 Å². The Kier molecular flexibility index (Phi) is 5.51. The number of benzene rings is 1. The molecule has 1 aromatic carbocycles. The van der Waals surface area contributed by atoms with Gasteiger partial charge in [-0.25, -0.2) is 4.39 Å². The molecule has 1 saturated carbocycles. The predicted octanol–water partition coefficient (Wildman–Crippen LogP) is 4.52. The van der Waals surface area contributed by atoms with E-state index in [2.05, 4.69) is 17.3 Å². The number of aromatic nitrogens is 2. The highest BCUT2D eigenvalue weighted by atomic mass is 19.1. The topological polar surface area (TPSA) is 46.9 Å². The van der Waals surface area contributed by atoms with Gasteiger partial charge in [-0.2, -0.15) is 5.10 Å². The molecule has 1 fully saturated rings. The third-order valence-electron chi connectivity index (χ3n) is 4.74. The molecular weight excluding hydrogens is 317 g/mol. The fraction of sp³-hybridized carbons (Fsp3) is 0.500. The number of nitrogens with one attached hydrogen (secondary N) is 1. The van der Waals surface area contributed by atoms with Gasteiger partial charge in [0.1, 0.15) is 5.82 Å². The van der Waals surface area contributed by atoms with Gasteiger partial charge in [0.05, 0.1) is 17.6 Å². The molecule has 1 unspecified atom stereocenters. The average molecular weight is 343 g/mol. The van der Waals surface area contributed by atoms with E-state index < -0.39 is 0 Å². The molecule has 1 aliphatic rings. The third-order valence-corrected chi connectivity index (χ3v) is 4.74. The molecule has 0 saturated heterocycles. The fourth-order valence-corrected chi connectivity index (χ4v) is 3.13. The Morgan fingerprint density at radius 1 is 1.44 bits per heavy atom. The van der Waals surface area contributed by atoms with E-state index in [-0.39, 0.29) is 17.6 Å². The van der Waals surface area contributed by atoms with Crippen LogP contribution in [0.3, 0.4) is 0 Å². The van der Waals surface area contributed by atoms with Crippen LogP contribution in [0.2, 0.25) is 0 Å². The van der Waals surface area contributed by atoms with Crippen LogP contribution in [0.1, 0.15) is 56.7 Å². The Hall–Kier alpha value is -2.17. The molecule has 25 heavy (non-hydrogen) atoms. The number of aryl methyl sites for hydroxylation is 2. The minimum Gasteiger partial charge on any atom is -0.323 e. The van der Waals surface area contributed by atoms with Crippen LogP contribution < -0.4 is 5.32 Å². The molecule has 0 radical (unpaired) electrons. The number of anilines is 1. The van der Waals surface area contributed by atoms with E-state index in [9.17, 15) is 9.18 Å². The van der Waals surface area contributed by atoms with Crippen LogP contribution >= 0.6 is 0 Å². The highest BCUT2D eigenvalue weighted by molar-refractivity contribution is 5.92. The van der Waals surface area contributed by atoms with Gasteiger partial charge in [-0.3, -0.25) is 9.48 Å². The Balaban J connectivity index is 1.60. The summed E-state index contributed by atoms with van der Waals surface area (Å²) in [5, 5.41) is 7.50. The summed E-state index contributed by atoms with van der Waals surface area (Å²) in [6, 6.07) is 6.57. The maximum Gasteiger partial charge on any atom is 0.227 e. The van der Waals surface area contributed by atoms with Crippen molar-refractivity contribution in [1.29, 1.82) is 0 Å². The molecule has 1 aliphatic carbocycles. The van der Waals surface area contributed by atoms with Gasteiger partial charge in [-0.1, -0.05) is 26.0 Å². The highest BCUT2D eigenvalue weighted by Gasteiger charge is 2.31. The van der Waals surface area contributed by atoms with Crippen molar-refractivity contribution in [2.24, 2.45) is 5.92 Å². The number of nitrogens with zero attached hydrogens (tertiary/aromatic N) is 2. The zero-order chi connectivity index (χ0) is 17.8. The lowest BCUT2D eigenvalue weighted by Crippen LogP contribution is -2.21. The van der Waals surface area contributed by atoms with E-state index in [4.69, 9.17) is 0 Å². The minimum atomic E-state index is -0.230. The van der Waals surface area contributed by atoms with Gasteiger partial charge in [0.2, 0.25) is 5.91 Å². The molecule has 2 aromatic rings. The summed E-state index contributed by atoms with van der Waals surface area (Å²) in [6.07, 6.45) is 6.54. The zero-order valence-corrected chi connectivity index (χ0v) is 15.0. The smallest absolute Gasteiger partial charge is 0.227 e. The minimum absolute atomic E-state index is 0.00866. The van der Waals surface area contributed by atoms with Gasteiger partial charge in [-0.15, -0.1) is 0 Å². The zero-order valence-electron chi connectivity index (χ0n) is 15.0. The summed E-state index contributed by atoms with van der Waals surface area (Å²) < 4.78 is 15.3. The second-order valence-electron chi connectivity index (χ2n) is 7.00. The van der Waals surface area contributed by atoms with Gasteiger partial charge in [0.15, 0.2) is 0 Å². The number of hydrogen-bond donors (Lipinski definition) is 1. The number of carbonyl (C=O) groups excluding carboxylic acids is 1.